The molecule has 2 amide bonds. The van der Waals surface area contributed by atoms with Gasteiger partial charge in [0, 0.05) is 62.4 Å². The molecule has 39 heavy (non-hydrogen) atoms. The van der Waals surface area contributed by atoms with Crippen LogP contribution in [0.25, 0.3) is 0 Å². The molecular weight excluding hydrogens is 514 g/mol. The molecule has 3 atom stereocenters. The Hall–Kier alpha value is -3.14. The average Bonchev–Trinajstić information content (AvgIpc) is 3.21. The molecule has 2 aromatic carbocycles. The van der Waals surface area contributed by atoms with E-state index in [-0.39, 0.29) is 36.5 Å². The zero-order valence-corrected chi connectivity index (χ0v) is 22.7. The smallest absolute Gasteiger partial charge is 0.409 e. The van der Waals surface area contributed by atoms with Gasteiger partial charge in [0.2, 0.25) is 5.91 Å². The van der Waals surface area contributed by atoms with Crippen LogP contribution in [0.1, 0.15) is 44.2 Å². The van der Waals surface area contributed by atoms with Crippen LogP contribution in [0.4, 0.5) is 22.4 Å². The minimum absolute atomic E-state index is 0.133. The molecule has 4 rings (SSSR count). The highest BCUT2D eigenvalue weighted by Gasteiger charge is 2.45. The number of likely N-dealkylation sites (tertiary alicyclic amines) is 1. The van der Waals surface area contributed by atoms with Crippen molar-refractivity contribution in [3.05, 3.63) is 70.8 Å². The Morgan fingerprint density at radius 2 is 1.59 bits per heavy atom. The largest absolute Gasteiger partial charge is 0.453 e. The first-order valence-electron chi connectivity index (χ1n) is 13.2. The number of hydrogen-bond acceptors (Lipinski definition) is 4. The van der Waals surface area contributed by atoms with Crippen molar-refractivity contribution in [3.63, 3.8) is 0 Å². The summed E-state index contributed by atoms with van der Waals surface area (Å²) in [6.45, 7) is 7.61. The summed E-state index contributed by atoms with van der Waals surface area (Å²) in [5.41, 5.74) is 0.296. The van der Waals surface area contributed by atoms with E-state index < -0.39 is 47.2 Å². The molecule has 6 nitrogen and oxygen atoms in total. The van der Waals surface area contributed by atoms with Gasteiger partial charge in [-0.25, -0.2) is 22.4 Å². The minimum Gasteiger partial charge on any atom is -0.453 e. The standard InChI is InChI=1S/C29H35F4N3O3/c1-29(2,3)35-16-23(22-8-7-20(31)15-26(22)33)24(17-35)27(37)34-10-9-21(36(12-11-34)28(38)39-4)13-18-5-6-19(30)14-25(18)32/h5-8,14-15,21,23-24H,9-13,16-17H2,1-4H3/t21?,23-,24?/m0/s1. The van der Waals surface area contributed by atoms with Crippen LogP contribution < -0.4 is 0 Å². The molecule has 212 valence electrons. The second-order valence-corrected chi connectivity index (χ2v) is 11.3. The Balaban J connectivity index is 1.58. The van der Waals surface area contributed by atoms with Crippen LogP contribution in [0, 0.1) is 29.2 Å². The second kappa shape index (κ2) is 11.5. The summed E-state index contributed by atoms with van der Waals surface area (Å²) in [4.78, 5) is 31.8. The average molecular weight is 550 g/mol. The lowest BCUT2D eigenvalue weighted by atomic mass is 9.87. The fourth-order valence-corrected chi connectivity index (χ4v) is 5.67. The van der Waals surface area contributed by atoms with E-state index in [9.17, 15) is 27.2 Å². The summed E-state index contributed by atoms with van der Waals surface area (Å²) in [7, 11) is 1.26. The second-order valence-electron chi connectivity index (χ2n) is 11.3. The number of nitrogens with zero attached hydrogens (tertiary/aromatic N) is 3. The number of ether oxygens (including phenoxy) is 1. The normalized spacial score (nSPS) is 22.6. The summed E-state index contributed by atoms with van der Waals surface area (Å²) in [5, 5.41) is 0. The molecular formula is C29H35F4N3O3. The first kappa shape index (κ1) is 28.9. The maximum atomic E-state index is 14.9. The van der Waals surface area contributed by atoms with Gasteiger partial charge in [-0.1, -0.05) is 12.1 Å². The molecule has 0 saturated carbocycles. The van der Waals surface area contributed by atoms with E-state index in [2.05, 4.69) is 4.90 Å². The number of carbonyl (C=O) groups excluding carboxylic acids is 2. The highest BCUT2D eigenvalue weighted by molar-refractivity contribution is 5.81. The van der Waals surface area contributed by atoms with Crippen molar-refractivity contribution >= 4 is 12.0 Å². The maximum Gasteiger partial charge on any atom is 0.409 e. The van der Waals surface area contributed by atoms with Crippen LogP contribution in [0.2, 0.25) is 0 Å². The summed E-state index contributed by atoms with van der Waals surface area (Å²) in [5.74, 6) is -3.95. The number of methoxy groups -OCH3 is 1. The molecule has 2 saturated heterocycles. The van der Waals surface area contributed by atoms with Crippen LogP contribution in [-0.4, -0.2) is 78.1 Å². The fourth-order valence-electron chi connectivity index (χ4n) is 5.67. The zero-order chi connectivity index (χ0) is 28.5. The molecule has 2 aromatic rings. The van der Waals surface area contributed by atoms with Gasteiger partial charge in [-0.3, -0.25) is 9.69 Å². The molecule has 0 N–H and O–H groups in total. The Morgan fingerprint density at radius 1 is 0.923 bits per heavy atom. The molecule has 10 heteroatoms. The van der Waals surface area contributed by atoms with Gasteiger partial charge in [0.1, 0.15) is 23.3 Å². The van der Waals surface area contributed by atoms with Gasteiger partial charge in [-0.05, 0) is 56.9 Å². The molecule has 0 aliphatic carbocycles. The van der Waals surface area contributed by atoms with E-state index in [1.165, 1.54) is 36.3 Å². The lowest BCUT2D eigenvalue weighted by molar-refractivity contribution is -0.135. The molecule has 0 radical (unpaired) electrons. The van der Waals surface area contributed by atoms with Crippen molar-refractivity contribution in [1.82, 2.24) is 14.7 Å². The monoisotopic (exact) mass is 549 g/mol. The number of amides is 2. The van der Waals surface area contributed by atoms with E-state index in [0.717, 1.165) is 12.1 Å². The molecule has 0 spiro atoms. The van der Waals surface area contributed by atoms with Gasteiger partial charge in [-0.2, -0.15) is 0 Å². The van der Waals surface area contributed by atoms with E-state index >= 15 is 0 Å². The summed E-state index contributed by atoms with van der Waals surface area (Å²) >= 11 is 0. The van der Waals surface area contributed by atoms with Gasteiger partial charge in [0.15, 0.2) is 0 Å². The lowest BCUT2D eigenvalue weighted by Crippen LogP contribution is -2.44. The first-order chi connectivity index (χ1) is 18.4. The predicted molar refractivity (Wildman–Crippen MR) is 138 cm³/mol. The number of benzene rings is 2. The SMILES string of the molecule is COC(=O)N1CCN(C(=O)C2CN(C(C)(C)C)C[C@H]2c2ccc(F)cc2F)CCC1Cc1ccc(F)cc1F. The van der Waals surface area contributed by atoms with Gasteiger partial charge < -0.3 is 14.5 Å². The van der Waals surface area contributed by atoms with Gasteiger partial charge in [0.25, 0.3) is 0 Å². The molecule has 0 aromatic heterocycles. The third kappa shape index (κ3) is 6.37. The molecule has 2 heterocycles. The number of carbonyl (C=O) groups is 2. The molecule has 0 bridgehead atoms. The predicted octanol–water partition coefficient (Wildman–Crippen LogP) is 4.97. The summed E-state index contributed by atoms with van der Waals surface area (Å²) in [6.07, 6.45) is -0.112. The van der Waals surface area contributed by atoms with Crippen LogP contribution in [0.3, 0.4) is 0 Å². The van der Waals surface area contributed by atoms with Crippen molar-refractivity contribution in [1.29, 1.82) is 0 Å². The van der Waals surface area contributed by atoms with E-state index in [4.69, 9.17) is 4.74 Å². The van der Waals surface area contributed by atoms with Crippen molar-refractivity contribution in [2.45, 2.75) is 51.1 Å². The molecule has 2 unspecified atom stereocenters. The Kier molecular flexibility index (Phi) is 8.54. The van der Waals surface area contributed by atoms with Crippen LogP contribution in [0.5, 0.6) is 0 Å². The third-order valence-electron chi connectivity index (χ3n) is 7.92. The van der Waals surface area contributed by atoms with Crippen LogP contribution >= 0.6 is 0 Å². The van der Waals surface area contributed by atoms with E-state index in [1.54, 1.807) is 4.90 Å². The van der Waals surface area contributed by atoms with Crippen molar-refractivity contribution in [3.8, 4) is 0 Å². The first-order valence-corrected chi connectivity index (χ1v) is 13.2. The topological polar surface area (TPSA) is 53.1 Å². The number of halogens is 4. The van der Waals surface area contributed by atoms with Crippen LogP contribution in [0.15, 0.2) is 36.4 Å². The Bertz CT molecular complexity index is 1220. The highest BCUT2D eigenvalue weighted by Crippen LogP contribution is 2.38. The fraction of sp³-hybridized carbons (Fsp3) is 0.517. The van der Waals surface area contributed by atoms with Crippen molar-refractivity contribution in [2.75, 3.05) is 39.8 Å². The third-order valence-corrected chi connectivity index (χ3v) is 7.92. The summed E-state index contributed by atoms with van der Waals surface area (Å²) < 4.78 is 61.3. The van der Waals surface area contributed by atoms with Gasteiger partial charge in [-0.15, -0.1) is 0 Å². The van der Waals surface area contributed by atoms with E-state index in [0.29, 0.717) is 31.6 Å². The quantitative estimate of drug-likeness (QED) is 0.506. The van der Waals surface area contributed by atoms with Crippen molar-refractivity contribution in [2.24, 2.45) is 5.92 Å². The number of rotatable bonds is 4. The van der Waals surface area contributed by atoms with E-state index in [1.807, 2.05) is 20.8 Å². The lowest BCUT2D eigenvalue weighted by Gasteiger charge is -2.32. The highest BCUT2D eigenvalue weighted by atomic mass is 19.1. The van der Waals surface area contributed by atoms with Gasteiger partial charge in [0.05, 0.1) is 13.0 Å². The molecule has 2 aliphatic heterocycles. The van der Waals surface area contributed by atoms with Crippen LogP contribution in [-0.2, 0) is 16.0 Å². The Morgan fingerprint density at radius 3 is 2.21 bits per heavy atom. The minimum atomic E-state index is -0.700. The molecule has 2 aliphatic rings. The number of hydrogen-bond donors (Lipinski definition) is 0. The van der Waals surface area contributed by atoms with Crippen molar-refractivity contribution < 1.29 is 31.9 Å². The Labute approximate surface area is 226 Å². The maximum absolute atomic E-state index is 14.9. The summed E-state index contributed by atoms with van der Waals surface area (Å²) in [6, 6.07) is 6.32. The van der Waals surface area contributed by atoms with Gasteiger partial charge >= 0.3 is 6.09 Å². The zero-order valence-electron chi connectivity index (χ0n) is 22.7. The molecule has 2 fully saturated rings.